The molecule has 0 fully saturated rings. The minimum absolute atomic E-state index is 0.00948. The van der Waals surface area contributed by atoms with Crippen molar-refractivity contribution in [2.75, 3.05) is 13.3 Å². The molecule has 1 aliphatic heterocycles. The normalized spacial score (nSPS) is 18.0. The van der Waals surface area contributed by atoms with Gasteiger partial charge in [-0.1, -0.05) is 18.2 Å². The Hall–Kier alpha value is -2.41. The van der Waals surface area contributed by atoms with Gasteiger partial charge in [0.1, 0.15) is 17.4 Å². The summed E-state index contributed by atoms with van der Waals surface area (Å²) in [7, 11) is 0. The van der Waals surface area contributed by atoms with Crippen molar-refractivity contribution in [3.8, 4) is 5.75 Å². The number of aryl methyl sites for hydroxylation is 2. The van der Waals surface area contributed by atoms with Gasteiger partial charge in [0.05, 0.1) is 6.04 Å². The van der Waals surface area contributed by atoms with Gasteiger partial charge in [-0.3, -0.25) is 4.79 Å². The van der Waals surface area contributed by atoms with Crippen molar-refractivity contribution in [2.24, 2.45) is 0 Å². The minimum atomic E-state index is -0.647. The highest BCUT2D eigenvalue weighted by Crippen LogP contribution is 2.31. The molecule has 2 atom stereocenters. The zero-order chi connectivity index (χ0) is 16.4. The van der Waals surface area contributed by atoms with Crippen LogP contribution < -0.4 is 10.1 Å². The summed E-state index contributed by atoms with van der Waals surface area (Å²) in [4.78, 5) is 16.7. The van der Waals surface area contributed by atoms with Gasteiger partial charge in [-0.05, 0) is 26.8 Å². The number of nitrogens with zero attached hydrogens (tertiary/aromatic N) is 3. The van der Waals surface area contributed by atoms with Gasteiger partial charge in [0.2, 0.25) is 0 Å². The molecule has 0 radical (unpaired) electrons. The number of carbonyl (C=O) groups is 1. The first-order valence-corrected chi connectivity index (χ1v) is 7.57. The topological polar surface area (TPSA) is 78.3 Å². The van der Waals surface area contributed by atoms with E-state index in [0.717, 1.165) is 17.2 Å². The number of amides is 1. The highest BCUT2D eigenvalue weighted by atomic mass is 16.7. The summed E-state index contributed by atoms with van der Waals surface area (Å²) in [5.41, 5.74) is 0.747. The predicted octanol–water partition coefficient (Wildman–Crippen LogP) is 1.68. The number of ether oxygens (including phenoxy) is 2. The molecule has 1 aliphatic rings. The van der Waals surface area contributed by atoms with Crippen molar-refractivity contribution >= 4 is 5.91 Å². The van der Waals surface area contributed by atoms with Crippen LogP contribution in [0.1, 0.15) is 36.3 Å². The number of hydrogen-bond donors (Lipinski definition) is 1. The molecule has 7 nitrogen and oxygen atoms in total. The lowest BCUT2D eigenvalue weighted by Gasteiger charge is -2.26. The van der Waals surface area contributed by atoms with Crippen LogP contribution in [0.4, 0.5) is 0 Å². The fourth-order valence-corrected chi connectivity index (χ4v) is 2.68. The number of rotatable bonds is 4. The third-order valence-electron chi connectivity index (χ3n) is 3.79. The number of benzene rings is 1. The van der Waals surface area contributed by atoms with Crippen molar-refractivity contribution in [2.45, 2.75) is 32.9 Å². The summed E-state index contributed by atoms with van der Waals surface area (Å²) in [5.74, 6) is 2.07. The molecule has 1 amide bonds. The Morgan fingerprint density at radius 1 is 1.43 bits per heavy atom. The second-order valence-electron chi connectivity index (χ2n) is 5.59. The lowest BCUT2D eigenvalue weighted by Crippen LogP contribution is -2.37. The zero-order valence-corrected chi connectivity index (χ0v) is 13.4. The molecule has 0 saturated heterocycles. The highest BCUT2D eigenvalue weighted by Gasteiger charge is 2.28. The number of aromatic nitrogens is 3. The molecule has 122 valence electrons. The molecule has 7 heteroatoms. The van der Waals surface area contributed by atoms with E-state index < -0.39 is 6.10 Å². The van der Waals surface area contributed by atoms with E-state index in [4.69, 9.17) is 9.47 Å². The Balaban J connectivity index is 1.65. The maximum Gasteiger partial charge on any atom is 0.254 e. The molecule has 0 aliphatic carbocycles. The Kier molecular flexibility index (Phi) is 4.29. The maximum atomic E-state index is 12.4. The minimum Gasteiger partial charge on any atom is -0.467 e. The molecule has 0 saturated carbocycles. The Bertz CT molecular complexity index is 713. The van der Waals surface area contributed by atoms with Crippen LogP contribution in [0.2, 0.25) is 0 Å². The zero-order valence-electron chi connectivity index (χ0n) is 13.4. The molecule has 0 spiro atoms. The highest BCUT2D eigenvalue weighted by molar-refractivity contribution is 5.83. The standard InChI is InChI=1S/C16H20N4O3/c1-10(20-12(3)18-11(2)19-20)8-17-16(21)15-13-6-4-5-7-14(13)22-9-23-15/h4-7,10,15H,8-9H2,1-3H3,(H,17,21)/t10-,15+/m0/s1. The number of carbonyl (C=O) groups excluding carboxylic acids is 1. The van der Waals surface area contributed by atoms with Crippen LogP contribution in [0.3, 0.4) is 0 Å². The van der Waals surface area contributed by atoms with Gasteiger partial charge < -0.3 is 14.8 Å². The fraction of sp³-hybridized carbons (Fsp3) is 0.438. The molecule has 1 aromatic carbocycles. The second-order valence-corrected chi connectivity index (χ2v) is 5.59. The number of para-hydroxylation sites is 1. The van der Waals surface area contributed by atoms with Crippen LogP contribution in [-0.2, 0) is 9.53 Å². The van der Waals surface area contributed by atoms with Crippen molar-refractivity contribution in [3.05, 3.63) is 41.5 Å². The van der Waals surface area contributed by atoms with E-state index in [9.17, 15) is 4.79 Å². The lowest BCUT2D eigenvalue weighted by atomic mass is 10.1. The largest absolute Gasteiger partial charge is 0.467 e. The average Bonchev–Trinajstić information content (AvgIpc) is 2.90. The number of nitrogens with one attached hydrogen (secondary N) is 1. The molecular formula is C16H20N4O3. The van der Waals surface area contributed by atoms with Crippen LogP contribution in [0.25, 0.3) is 0 Å². The van der Waals surface area contributed by atoms with Gasteiger partial charge in [-0.15, -0.1) is 0 Å². The smallest absolute Gasteiger partial charge is 0.254 e. The van der Waals surface area contributed by atoms with Crippen molar-refractivity contribution in [1.82, 2.24) is 20.1 Å². The van der Waals surface area contributed by atoms with E-state index in [2.05, 4.69) is 15.4 Å². The van der Waals surface area contributed by atoms with Crippen LogP contribution in [0.5, 0.6) is 5.75 Å². The average molecular weight is 316 g/mol. The van der Waals surface area contributed by atoms with Crippen molar-refractivity contribution in [3.63, 3.8) is 0 Å². The Morgan fingerprint density at radius 2 is 2.22 bits per heavy atom. The van der Waals surface area contributed by atoms with E-state index in [1.54, 1.807) is 0 Å². The van der Waals surface area contributed by atoms with Gasteiger partial charge >= 0.3 is 0 Å². The van der Waals surface area contributed by atoms with E-state index in [0.29, 0.717) is 12.3 Å². The van der Waals surface area contributed by atoms with Crippen LogP contribution in [-0.4, -0.2) is 34.0 Å². The Labute approximate surface area is 134 Å². The van der Waals surface area contributed by atoms with E-state index in [1.165, 1.54) is 0 Å². The molecule has 3 rings (SSSR count). The lowest BCUT2D eigenvalue weighted by molar-refractivity contribution is -0.142. The van der Waals surface area contributed by atoms with Gasteiger partial charge in [-0.2, -0.15) is 5.10 Å². The summed E-state index contributed by atoms with van der Waals surface area (Å²) in [6.45, 7) is 6.26. The molecular weight excluding hydrogens is 296 g/mol. The maximum absolute atomic E-state index is 12.4. The fourth-order valence-electron chi connectivity index (χ4n) is 2.68. The van der Waals surface area contributed by atoms with E-state index >= 15 is 0 Å². The van der Waals surface area contributed by atoms with Gasteiger partial charge in [0.25, 0.3) is 5.91 Å². The van der Waals surface area contributed by atoms with Gasteiger partial charge in [-0.25, -0.2) is 9.67 Å². The van der Waals surface area contributed by atoms with E-state index in [1.807, 2.05) is 49.7 Å². The molecule has 2 heterocycles. The quantitative estimate of drug-likeness (QED) is 0.928. The van der Waals surface area contributed by atoms with Gasteiger partial charge in [0, 0.05) is 12.1 Å². The number of hydrogen-bond acceptors (Lipinski definition) is 5. The number of fused-ring (bicyclic) bond motifs is 1. The summed E-state index contributed by atoms with van der Waals surface area (Å²) in [6.07, 6.45) is -0.647. The molecule has 2 aromatic rings. The monoisotopic (exact) mass is 316 g/mol. The second kappa shape index (κ2) is 6.37. The van der Waals surface area contributed by atoms with Crippen molar-refractivity contribution in [1.29, 1.82) is 0 Å². The molecule has 0 bridgehead atoms. The van der Waals surface area contributed by atoms with Gasteiger partial charge in [0.15, 0.2) is 12.9 Å². The summed E-state index contributed by atoms with van der Waals surface area (Å²) >= 11 is 0. The third kappa shape index (κ3) is 3.19. The van der Waals surface area contributed by atoms with Crippen molar-refractivity contribution < 1.29 is 14.3 Å². The third-order valence-corrected chi connectivity index (χ3v) is 3.79. The first kappa shape index (κ1) is 15.5. The predicted molar refractivity (Wildman–Crippen MR) is 83.0 cm³/mol. The van der Waals surface area contributed by atoms with Crippen LogP contribution in [0.15, 0.2) is 24.3 Å². The summed E-state index contributed by atoms with van der Waals surface area (Å²) < 4.78 is 12.7. The summed E-state index contributed by atoms with van der Waals surface area (Å²) in [5, 5.41) is 7.26. The summed E-state index contributed by atoms with van der Waals surface area (Å²) in [6, 6.07) is 7.42. The SMILES string of the molecule is Cc1nc(C)n([C@@H](C)CNC(=O)[C@@H]2OCOc3ccccc32)n1. The Morgan fingerprint density at radius 3 is 2.96 bits per heavy atom. The van der Waals surface area contributed by atoms with Crippen LogP contribution in [0, 0.1) is 13.8 Å². The molecule has 23 heavy (non-hydrogen) atoms. The molecule has 0 unspecified atom stereocenters. The molecule has 1 N–H and O–H groups in total. The molecule has 1 aromatic heterocycles. The van der Waals surface area contributed by atoms with E-state index in [-0.39, 0.29) is 18.7 Å². The first-order chi connectivity index (χ1) is 11.1. The van der Waals surface area contributed by atoms with Crippen LogP contribution >= 0.6 is 0 Å². The first-order valence-electron chi connectivity index (χ1n) is 7.57.